The molecule has 2 aliphatic carbocycles. The van der Waals surface area contributed by atoms with Gasteiger partial charge in [0.15, 0.2) is 0 Å². The fourth-order valence-corrected chi connectivity index (χ4v) is 4.44. The van der Waals surface area contributed by atoms with E-state index in [0.29, 0.717) is 17.6 Å². The Balaban J connectivity index is 1.84. The molecule has 0 aromatic heterocycles. The Morgan fingerprint density at radius 2 is 1.45 bits per heavy atom. The number of Topliss-reactive ketones (excluding diaryl/α,β-unsaturated/α-hetero) is 1. The minimum absolute atomic E-state index is 0.126. The van der Waals surface area contributed by atoms with Gasteiger partial charge in [0.1, 0.15) is 5.78 Å². The van der Waals surface area contributed by atoms with E-state index in [0.717, 1.165) is 12.3 Å². The molecule has 1 unspecified atom stereocenters. The van der Waals surface area contributed by atoms with Crippen LogP contribution < -0.4 is 5.32 Å². The van der Waals surface area contributed by atoms with E-state index >= 15 is 0 Å². The summed E-state index contributed by atoms with van der Waals surface area (Å²) < 4.78 is 0. The largest absolute Gasteiger partial charge is 0.310 e. The molecule has 20 heavy (non-hydrogen) atoms. The van der Waals surface area contributed by atoms with Crippen LogP contribution in [0, 0.1) is 17.8 Å². The molecule has 2 heteroatoms. The number of carbonyl (C=O) groups excluding carboxylic acids is 1. The number of ketones is 1. The normalized spacial score (nSPS) is 25.3. The van der Waals surface area contributed by atoms with Gasteiger partial charge in [-0.1, -0.05) is 58.3 Å². The maximum Gasteiger partial charge on any atom is 0.150 e. The van der Waals surface area contributed by atoms with Gasteiger partial charge in [0.2, 0.25) is 0 Å². The van der Waals surface area contributed by atoms with Gasteiger partial charge in [-0.25, -0.2) is 0 Å². The Hall–Kier alpha value is -0.370. The molecular formula is C18H33NO. The van der Waals surface area contributed by atoms with E-state index in [1.807, 2.05) is 7.05 Å². The molecule has 0 spiro atoms. The van der Waals surface area contributed by atoms with Crippen LogP contribution in [-0.2, 0) is 4.79 Å². The second kappa shape index (κ2) is 8.17. The monoisotopic (exact) mass is 279 g/mol. The van der Waals surface area contributed by atoms with E-state index in [2.05, 4.69) is 12.2 Å². The second-order valence-electron chi connectivity index (χ2n) is 7.21. The topological polar surface area (TPSA) is 29.1 Å². The molecule has 2 atom stereocenters. The third-order valence-corrected chi connectivity index (χ3v) is 5.76. The zero-order chi connectivity index (χ0) is 14.4. The van der Waals surface area contributed by atoms with Crippen LogP contribution in [0.5, 0.6) is 0 Å². The van der Waals surface area contributed by atoms with Gasteiger partial charge in [0.05, 0.1) is 6.04 Å². The second-order valence-corrected chi connectivity index (χ2v) is 7.21. The molecule has 0 bridgehead atoms. The Kier molecular flexibility index (Phi) is 6.54. The van der Waals surface area contributed by atoms with Crippen LogP contribution in [0.2, 0.25) is 0 Å². The van der Waals surface area contributed by atoms with Crippen LogP contribution >= 0.6 is 0 Å². The van der Waals surface area contributed by atoms with Crippen LogP contribution in [0.3, 0.4) is 0 Å². The first-order valence-corrected chi connectivity index (χ1v) is 8.92. The first kappa shape index (κ1) is 16.0. The van der Waals surface area contributed by atoms with Crippen LogP contribution in [0.4, 0.5) is 0 Å². The van der Waals surface area contributed by atoms with Gasteiger partial charge >= 0.3 is 0 Å². The summed E-state index contributed by atoms with van der Waals surface area (Å²) in [6, 6.07) is 0.126. The van der Waals surface area contributed by atoms with Crippen molar-refractivity contribution >= 4 is 5.78 Å². The first-order valence-electron chi connectivity index (χ1n) is 8.92. The summed E-state index contributed by atoms with van der Waals surface area (Å²) in [6.07, 6.45) is 14.1. The number of carbonyl (C=O) groups is 1. The highest BCUT2D eigenvalue weighted by Gasteiger charge is 2.30. The molecule has 0 amide bonds. The average molecular weight is 279 g/mol. The number of rotatable bonds is 6. The lowest BCUT2D eigenvalue weighted by Crippen LogP contribution is -2.42. The molecule has 1 N–H and O–H groups in total. The average Bonchev–Trinajstić information content (AvgIpc) is 2.50. The summed E-state index contributed by atoms with van der Waals surface area (Å²) in [6.45, 7) is 2.31. The molecule has 2 aliphatic rings. The van der Waals surface area contributed by atoms with Crippen molar-refractivity contribution < 1.29 is 4.79 Å². The van der Waals surface area contributed by atoms with Gasteiger partial charge in [0, 0.05) is 6.42 Å². The predicted octanol–water partition coefficient (Wildman–Crippen LogP) is 4.33. The van der Waals surface area contributed by atoms with Gasteiger partial charge in [0.25, 0.3) is 0 Å². The Morgan fingerprint density at radius 3 is 1.95 bits per heavy atom. The molecule has 2 fully saturated rings. The van der Waals surface area contributed by atoms with Crippen molar-refractivity contribution in [2.24, 2.45) is 17.8 Å². The van der Waals surface area contributed by atoms with E-state index in [4.69, 9.17) is 0 Å². The summed E-state index contributed by atoms with van der Waals surface area (Å²) in [5.41, 5.74) is 0. The SMILES string of the molecule is CN[C@H](C(=O)CC(C)C1CCCCC1)C1CCCCC1. The molecule has 0 radical (unpaired) electrons. The van der Waals surface area contributed by atoms with Crippen LogP contribution in [-0.4, -0.2) is 18.9 Å². The summed E-state index contributed by atoms with van der Waals surface area (Å²) in [4.78, 5) is 12.7. The molecule has 116 valence electrons. The van der Waals surface area contributed by atoms with E-state index < -0.39 is 0 Å². The molecular weight excluding hydrogens is 246 g/mol. The van der Waals surface area contributed by atoms with E-state index in [1.165, 1.54) is 64.2 Å². The zero-order valence-corrected chi connectivity index (χ0v) is 13.5. The lowest BCUT2D eigenvalue weighted by Gasteiger charge is -2.32. The first-order chi connectivity index (χ1) is 9.72. The van der Waals surface area contributed by atoms with Crippen molar-refractivity contribution in [1.29, 1.82) is 0 Å². The highest BCUT2D eigenvalue weighted by atomic mass is 16.1. The molecule has 0 aliphatic heterocycles. The maximum absolute atomic E-state index is 12.7. The number of likely N-dealkylation sites (N-methyl/N-ethyl adjacent to an activating group) is 1. The van der Waals surface area contributed by atoms with Crippen molar-refractivity contribution in [2.75, 3.05) is 7.05 Å². The van der Waals surface area contributed by atoms with Crippen molar-refractivity contribution in [3.63, 3.8) is 0 Å². The number of hydrogen-bond donors (Lipinski definition) is 1. The van der Waals surface area contributed by atoms with Crippen LogP contribution in [0.15, 0.2) is 0 Å². The molecule has 0 aromatic rings. The van der Waals surface area contributed by atoms with E-state index in [1.54, 1.807) is 0 Å². The van der Waals surface area contributed by atoms with Gasteiger partial charge in [-0.3, -0.25) is 4.79 Å². The van der Waals surface area contributed by atoms with Gasteiger partial charge in [-0.15, -0.1) is 0 Å². The smallest absolute Gasteiger partial charge is 0.150 e. The fraction of sp³-hybridized carbons (Fsp3) is 0.944. The zero-order valence-electron chi connectivity index (χ0n) is 13.5. The van der Waals surface area contributed by atoms with Gasteiger partial charge in [-0.2, -0.15) is 0 Å². The van der Waals surface area contributed by atoms with Crippen molar-refractivity contribution in [1.82, 2.24) is 5.32 Å². The lowest BCUT2D eigenvalue weighted by molar-refractivity contribution is -0.123. The van der Waals surface area contributed by atoms with Crippen molar-refractivity contribution in [3.8, 4) is 0 Å². The molecule has 2 nitrogen and oxygen atoms in total. The van der Waals surface area contributed by atoms with E-state index in [-0.39, 0.29) is 6.04 Å². The minimum Gasteiger partial charge on any atom is -0.310 e. The number of nitrogens with one attached hydrogen (secondary N) is 1. The fourth-order valence-electron chi connectivity index (χ4n) is 4.44. The predicted molar refractivity (Wildman–Crippen MR) is 84.8 cm³/mol. The molecule has 0 aromatic carbocycles. The summed E-state index contributed by atoms with van der Waals surface area (Å²) in [5, 5.41) is 3.33. The highest BCUT2D eigenvalue weighted by Crippen LogP contribution is 2.33. The summed E-state index contributed by atoms with van der Waals surface area (Å²) in [5.74, 6) is 2.47. The Labute approximate surface area is 125 Å². The maximum atomic E-state index is 12.7. The molecule has 0 saturated heterocycles. The number of hydrogen-bond acceptors (Lipinski definition) is 2. The Morgan fingerprint density at radius 1 is 0.950 bits per heavy atom. The molecule has 2 saturated carbocycles. The lowest BCUT2D eigenvalue weighted by atomic mass is 9.76. The van der Waals surface area contributed by atoms with Crippen molar-refractivity contribution in [3.05, 3.63) is 0 Å². The van der Waals surface area contributed by atoms with Crippen molar-refractivity contribution in [2.45, 2.75) is 83.6 Å². The summed E-state index contributed by atoms with van der Waals surface area (Å²) >= 11 is 0. The third-order valence-electron chi connectivity index (χ3n) is 5.76. The van der Waals surface area contributed by atoms with Crippen LogP contribution in [0.1, 0.15) is 77.6 Å². The third kappa shape index (κ3) is 4.31. The molecule has 2 rings (SSSR count). The highest BCUT2D eigenvalue weighted by molar-refractivity contribution is 5.84. The molecule has 0 heterocycles. The van der Waals surface area contributed by atoms with Crippen LogP contribution in [0.25, 0.3) is 0 Å². The van der Waals surface area contributed by atoms with Gasteiger partial charge < -0.3 is 5.32 Å². The van der Waals surface area contributed by atoms with E-state index in [9.17, 15) is 4.79 Å². The standard InChI is InChI=1S/C18H33NO/c1-14(15-9-5-3-6-10-15)13-17(20)18(19-2)16-11-7-4-8-12-16/h14-16,18-19H,3-13H2,1-2H3/t14?,18-/m0/s1. The van der Waals surface area contributed by atoms with Gasteiger partial charge in [-0.05, 0) is 37.6 Å². The Bertz CT molecular complexity index is 290. The quantitative estimate of drug-likeness (QED) is 0.784. The summed E-state index contributed by atoms with van der Waals surface area (Å²) in [7, 11) is 1.97. The minimum atomic E-state index is 0.126.